The maximum atomic E-state index is 10.8. The smallest absolute Gasteiger partial charge is 0.371 e. The van der Waals surface area contributed by atoms with Crippen LogP contribution in [0.4, 0.5) is 0 Å². The van der Waals surface area contributed by atoms with Crippen molar-refractivity contribution in [3.8, 4) is 22.9 Å². The summed E-state index contributed by atoms with van der Waals surface area (Å²) in [6.07, 6.45) is 0. The van der Waals surface area contributed by atoms with Crippen LogP contribution in [0.2, 0.25) is 0 Å². The molecule has 0 fully saturated rings. The summed E-state index contributed by atoms with van der Waals surface area (Å²) in [6.45, 7) is 0. The van der Waals surface area contributed by atoms with Gasteiger partial charge in [-0.2, -0.15) is 0 Å². The highest BCUT2D eigenvalue weighted by Gasteiger charge is 2.12. The van der Waals surface area contributed by atoms with Gasteiger partial charge in [0, 0.05) is 11.6 Å². The van der Waals surface area contributed by atoms with Crippen molar-refractivity contribution in [1.82, 2.24) is 15.2 Å². The fourth-order valence-corrected chi connectivity index (χ4v) is 2.78. The molecular weight excluding hydrogens is 346 g/mol. The molecule has 2 aromatic heterocycles. The molecule has 25 heavy (non-hydrogen) atoms. The van der Waals surface area contributed by atoms with Crippen LogP contribution in [-0.2, 0) is 5.75 Å². The van der Waals surface area contributed by atoms with Gasteiger partial charge in [0.25, 0.3) is 0 Å². The van der Waals surface area contributed by atoms with E-state index in [4.69, 9.17) is 19.0 Å². The Hall–Kier alpha value is -2.94. The van der Waals surface area contributed by atoms with Crippen LogP contribution in [0.15, 0.2) is 39.9 Å². The number of rotatable bonds is 7. The van der Waals surface area contributed by atoms with Gasteiger partial charge in [-0.1, -0.05) is 11.8 Å². The number of furan rings is 1. The van der Waals surface area contributed by atoms with E-state index >= 15 is 0 Å². The predicted molar refractivity (Wildman–Crippen MR) is 90.2 cm³/mol. The van der Waals surface area contributed by atoms with Crippen LogP contribution in [0.25, 0.3) is 11.4 Å². The molecule has 0 bridgehead atoms. The molecular formula is C16H15N3O5S. The summed E-state index contributed by atoms with van der Waals surface area (Å²) in [5.41, 5.74) is 0.779. The Morgan fingerprint density at radius 3 is 2.56 bits per heavy atom. The third kappa shape index (κ3) is 3.94. The van der Waals surface area contributed by atoms with Crippen LogP contribution in [0.3, 0.4) is 0 Å². The molecule has 1 aromatic carbocycles. The van der Waals surface area contributed by atoms with Gasteiger partial charge in [0.05, 0.1) is 20.0 Å². The number of thioether (sulfide) groups is 1. The summed E-state index contributed by atoms with van der Waals surface area (Å²) in [4.78, 5) is 15.2. The van der Waals surface area contributed by atoms with Crippen molar-refractivity contribution in [2.75, 3.05) is 14.2 Å². The monoisotopic (exact) mass is 361 g/mol. The lowest BCUT2D eigenvalue weighted by Gasteiger charge is -2.06. The molecule has 0 atom stereocenters. The van der Waals surface area contributed by atoms with Gasteiger partial charge in [0.1, 0.15) is 17.3 Å². The van der Waals surface area contributed by atoms with Crippen molar-refractivity contribution in [3.05, 3.63) is 41.9 Å². The zero-order chi connectivity index (χ0) is 17.8. The number of aromatic nitrogens is 3. The number of nitrogens with one attached hydrogen (secondary N) is 1. The van der Waals surface area contributed by atoms with Crippen LogP contribution in [0.5, 0.6) is 11.5 Å². The van der Waals surface area contributed by atoms with Crippen LogP contribution in [-0.4, -0.2) is 40.5 Å². The number of hydrogen-bond acceptors (Lipinski definition) is 7. The molecule has 0 saturated heterocycles. The summed E-state index contributed by atoms with van der Waals surface area (Å²) < 4.78 is 15.7. The Labute approximate surface area is 147 Å². The first-order chi connectivity index (χ1) is 12.1. The van der Waals surface area contributed by atoms with Crippen LogP contribution >= 0.6 is 11.8 Å². The second-order valence-electron chi connectivity index (χ2n) is 4.93. The molecule has 0 aliphatic carbocycles. The molecule has 9 heteroatoms. The quantitative estimate of drug-likeness (QED) is 0.618. The van der Waals surface area contributed by atoms with Crippen LogP contribution in [0, 0.1) is 0 Å². The van der Waals surface area contributed by atoms with Gasteiger partial charge in [-0.05, 0) is 24.3 Å². The molecule has 8 nitrogen and oxygen atoms in total. The second kappa shape index (κ2) is 7.31. The van der Waals surface area contributed by atoms with E-state index in [-0.39, 0.29) is 5.76 Å². The Morgan fingerprint density at radius 2 is 1.96 bits per heavy atom. The van der Waals surface area contributed by atoms with E-state index in [1.807, 2.05) is 12.1 Å². The molecule has 0 spiro atoms. The molecule has 0 saturated carbocycles. The first-order valence-electron chi connectivity index (χ1n) is 7.19. The van der Waals surface area contributed by atoms with E-state index in [1.54, 1.807) is 26.4 Å². The number of methoxy groups -OCH3 is 2. The van der Waals surface area contributed by atoms with Gasteiger partial charge < -0.3 is 19.0 Å². The highest BCUT2D eigenvalue weighted by Crippen LogP contribution is 2.29. The molecule has 130 valence electrons. The minimum Gasteiger partial charge on any atom is -0.497 e. The number of benzene rings is 1. The van der Waals surface area contributed by atoms with Gasteiger partial charge in [0.2, 0.25) is 10.9 Å². The Kier molecular flexibility index (Phi) is 4.94. The Balaban J connectivity index is 1.72. The molecule has 3 aromatic rings. The molecule has 3 rings (SSSR count). The van der Waals surface area contributed by atoms with Gasteiger partial charge in [-0.3, -0.25) is 5.10 Å². The van der Waals surface area contributed by atoms with Crippen molar-refractivity contribution in [2.24, 2.45) is 0 Å². The number of carboxylic acids is 1. The molecule has 0 unspecified atom stereocenters. The van der Waals surface area contributed by atoms with E-state index in [1.165, 1.54) is 17.8 Å². The lowest BCUT2D eigenvalue weighted by molar-refractivity contribution is 0.0661. The summed E-state index contributed by atoms with van der Waals surface area (Å²) in [5.74, 6) is 1.65. The molecule has 2 N–H and O–H groups in total. The van der Waals surface area contributed by atoms with E-state index in [2.05, 4.69) is 15.2 Å². The van der Waals surface area contributed by atoms with Crippen LogP contribution < -0.4 is 9.47 Å². The normalized spacial score (nSPS) is 10.6. The van der Waals surface area contributed by atoms with Crippen molar-refractivity contribution >= 4 is 17.7 Å². The number of aromatic carboxylic acids is 1. The van der Waals surface area contributed by atoms with E-state index in [0.29, 0.717) is 34.0 Å². The molecule has 2 heterocycles. The van der Waals surface area contributed by atoms with E-state index in [0.717, 1.165) is 5.56 Å². The van der Waals surface area contributed by atoms with Gasteiger partial charge in [-0.25, -0.2) is 9.78 Å². The van der Waals surface area contributed by atoms with E-state index < -0.39 is 5.97 Å². The second-order valence-corrected chi connectivity index (χ2v) is 5.87. The minimum atomic E-state index is -1.09. The number of H-pyrrole nitrogens is 1. The van der Waals surface area contributed by atoms with Crippen molar-refractivity contribution in [3.63, 3.8) is 0 Å². The first-order valence-corrected chi connectivity index (χ1v) is 8.18. The number of hydrogen-bond donors (Lipinski definition) is 2. The maximum absolute atomic E-state index is 10.8. The lowest BCUT2D eigenvalue weighted by Crippen LogP contribution is -1.91. The highest BCUT2D eigenvalue weighted by molar-refractivity contribution is 7.98. The van der Waals surface area contributed by atoms with Crippen molar-refractivity contribution in [2.45, 2.75) is 10.9 Å². The Morgan fingerprint density at radius 1 is 1.24 bits per heavy atom. The molecule has 0 aliphatic rings. The zero-order valence-corrected chi connectivity index (χ0v) is 14.3. The SMILES string of the molecule is COc1cc(OC)cc(-c2nc(SCc3ccc(C(=O)O)o3)n[nH]2)c1. The van der Waals surface area contributed by atoms with Gasteiger partial charge >= 0.3 is 5.97 Å². The number of aromatic amines is 1. The maximum Gasteiger partial charge on any atom is 0.371 e. The fraction of sp³-hybridized carbons (Fsp3) is 0.188. The fourth-order valence-electron chi connectivity index (χ4n) is 2.09. The lowest BCUT2D eigenvalue weighted by atomic mass is 10.2. The largest absolute Gasteiger partial charge is 0.497 e. The third-order valence-electron chi connectivity index (χ3n) is 3.31. The number of nitrogens with zero attached hydrogens (tertiary/aromatic N) is 2. The van der Waals surface area contributed by atoms with Crippen molar-refractivity contribution in [1.29, 1.82) is 0 Å². The van der Waals surface area contributed by atoms with Crippen molar-refractivity contribution < 1.29 is 23.8 Å². The predicted octanol–water partition coefficient (Wildman–Crippen LogP) is 3.07. The minimum absolute atomic E-state index is 0.0882. The molecule has 0 radical (unpaired) electrons. The summed E-state index contributed by atoms with van der Waals surface area (Å²) in [5, 5.41) is 16.4. The summed E-state index contributed by atoms with van der Waals surface area (Å²) in [7, 11) is 3.16. The molecule has 0 aliphatic heterocycles. The summed E-state index contributed by atoms with van der Waals surface area (Å²) in [6, 6.07) is 8.46. The zero-order valence-electron chi connectivity index (χ0n) is 13.5. The number of ether oxygens (including phenoxy) is 2. The van der Waals surface area contributed by atoms with E-state index in [9.17, 15) is 4.79 Å². The first kappa shape index (κ1) is 16.9. The Bertz CT molecular complexity index is 867. The van der Waals surface area contributed by atoms with Gasteiger partial charge in [-0.15, -0.1) is 5.10 Å². The molecule has 0 amide bonds. The highest BCUT2D eigenvalue weighted by atomic mass is 32.2. The van der Waals surface area contributed by atoms with Gasteiger partial charge in [0.15, 0.2) is 5.82 Å². The average molecular weight is 361 g/mol. The summed E-state index contributed by atoms with van der Waals surface area (Å²) >= 11 is 1.33. The topological polar surface area (TPSA) is 110 Å². The number of carbonyl (C=O) groups is 1. The standard InChI is InChI=1S/C16H15N3O5S/c1-22-11-5-9(6-12(7-11)23-2)14-17-16(19-18-14)25-8-10-3-4-13(24-10)15(20)21/h3-7H,8H2,1-2H3,(H,20,21)(H,17,18,19). The van der Waals surface area contributed by atoms with Crippen LogP contribution in [0.1, 0.15) is 16.3 Å². The average Bonchev–Trinajstić information content (AvgIpc) is 3.28. The third-order valence-corrected chi connectivity index (χ3v) is 4.18. The number of carboxylic acid groups (broad SMARTS) is 1.